The van der Waals surface area contributed by atoms with Crippen molar-refractivity contribution < 1.29 is 9.90 Å². The van der Waals surface area contributed by atoms with Crippen molar-refractivity contribution in [2.24, 2.45) is 0 Å². The molecule has 0 amide bonds. The molecule has 0 radical (unpaired) electrons. The summed E-state index contributed by atoms with van der Waals surface area (Å²) in [6.07, 6.45) is 1.02. The summed E-state index contributed by atoms with van der Waals surface area (Å²) in [6.45, 7) is 4.01. The highest BCUT2D eigenvalue weighted by molar-refractivity contribution is 5.70. The summed E-state index contributed by atoms with van der Waals surface area (Å²) in [4.78, 5) is 10.5. The van der Waals surface area contributed by atoms with E-state index in [1.165, 1.54) is 0 Å². The normalized spacial score (nSPS) is 10.0. The lowest BCUT2D eigenvalue weighted by molar-refractivity contribution is -0.136. The van der Waals surface area contributed by atoms with Crippen LogP contribution in [0.2, 0.25) is 0 Å². The van der Waals surface area contributed by atoms with Gasteiger partial charge in [-0.05, 0) is 24.5 Å². The molecule has 2 nitrogen and oxygen atoms in total. The van der Waals surface area contributed by atoms with Gasteiger partial charge in [0.1, 0.15) is 0 Å². The lowest BCUT2D eigenvalue weighted by atomic mass is 10.0. The third-order valence-electron chi connectivity index (χ3n) is 2.08. The lowest BCUT2D eigenvalue weighted by Crippen LogP contribution is -2.03. The van der Waals surface area contributed by atoms with Gasteiger partial charge >= 0.3 is 5.97 Å². The van der Waals surface area contributed by atoms with Crippen LogP contribution in [-0.4, -0.2) is 11.1 Å². The first-order chi connectivity index (χ1) is 6.13. The summed E-state index contributed by atoms with van der Waals surface area (Å²) in [6, 6.07) is 5.98. The van der Waals surface area contributed by atoms with Crippen LogP contribution in [0.5, 0.6) is 0 Å². The molecule has 1 rings (SSSR count). The van der Waals surface area contributed by atoms with Crippen LogP contribution in [0.25, 0.3) is 0 Å². The molecular formula is C11H14O2. The van der Waals surface area contributed by atoms with Crippen LogP contribution in [0.15, 0.2) is 18.2 Å². The first-order valence-corrected chi connectivity index (χ1v) is 4.43. The zero-order valence-electron chi connectivity index (χ0n) is 8.00. The molecule has 70 valence electrons. The number of hydrogen-bond acceptors (Lipinski definition) is 1. The first kappa shape index (κ1) is 9.78. The molecule has 0 fully saturated rings. The molecule has 0 saturated heterocycles. The van der Waals surface area contributed by atoms with Crippen LogP contribution in [0.4, 0.5) is 0 Å². The van der Waals surface area contributed by atoms with Crippen LogP contribution in [-0.2, 0) is 17.6 Å². The molecule has 0 aromatic heterocycles. The number of carboxylic acid groups (broad SMARTS) is 1. The molecule has 0 aliphatic rings. The SMILES string of the molecule is CCc1ccc(C)cc1CC(=O)O. The van der Waals surface area contributed by atoms with Gasteiger partial charge in [0, 0.05) is 0 Å². The van der Waals surface area contributed by atoms with Crippen molar-refractivity contribution in [3.8, 4) is 0 Å². The van der Waals surface area contributed by atoms with Gasteiger partial charge in [-0.25, -0.2) is 0 Å². The maximum absolute atomic E-state index is 10.5. The van der Waals surface area contributed by atoms with Gasteiger partial charge in [0.15, 0.2) is 0 Å². The van der Waals surface area contributed by atoms with Crippen LogP contribution in [0, 0.1) is 6.92 Å². The van der Waals surface area contributed by atoms with Crippen LogP contribution in [0.3, 0.4) is 0 Å². The maximum Gasteiger partial charge on any atom is 0.307 e. The predicted molar refractivity (Wildman–Crippen MR) is 51.9 cm³/mol. The Morgan fingerprint density at radius 1 is 1.38 bits per heavy atom. The number of carboxylic acids is 1. The van der Waals surface area contributed by atoms with Crippen LogP contribution in [0.1, 0.15) is 23.6 Å². The highest BCUT2D eigenvalue weighted by Crippen LogP contribution is 2.13. The van der Waals surface area contributed by atoms with Gasteiger partial charge in [0.05, 0.1) is 6.42 Å². The zero-order valence-corrected chi connectivity index (χ0v) is 8.00. The van der Waals surface area contributed by atoms with E-state index < -0.39 is 5.97 Å². The summed E-state index contributed by atoms with van der Waals surface area (Å²) < 4.78 is 0. The molecule has 2 heteroatoms. The molecule has 1 aromatic carbocycles. The second-order valence-electron chi connectivity index (χ2n) is 3.20. The lowest BCUT2D eigenvalue weighted by Gasteiger charge is -2.06. The van der Waals surface area contributed by atoms with Crippen molar-refractivity contribution in [2.75, 3.05) is 0 Å². The van der Waals surface area contributed by atoms with Crippen molar-refractivity contribution in [3.63, 3.8) is 0 Å². The van der Waals surface area contributed by atoms with E-state index in [4.69, 9.17) is 5.11 Å². The molecule has 0 aliphatic heterocycles. The molecule has 0 bridgehead atoms. The second kappa shape index (κ2) is 4.08. The summed E-state index contributed by atoms with van der Waals surface area (Å²) in [7, 11) is 0. The van der Waals surface area contributed by atoms with Gasteiger partial charge in [0.2, 0.25) is 0 Å². The fourth-order valence-corrected chi connectivity index (χ4v) is 1.43. The fourth-order valence-electron chi connectivity index (χ4n) is 1.43. The molecule has 1 N–H and O–H groups in total. The number of benzene rings is 1. The second-order valence-corrected chi connectivity index (χ2v) is 3.20. The minimum Gasteiger partial charge on any atom is -0.481 e. The molecule has 13 heavy (non-hydrogen) atoms. The minimum atomic E-state index is -0.764. The highest BCUT2D eigenvalue weighted by atomic mass is 16.4. The van der Waals surface area contributed by atoms with E-state index >= 15 is 0 Å². The average molecular weight is 178 g/mol. The molecule has 0 unspecified atom stereocenters. The van der Waals surface area contributed by atoms with E-state index in [1.54, 1.807) is 0 Å². The Hall–Kier alpha value is -1.31. The largest absolute Gasteiger partial charge is 0.481 e. The van der Waals surface area contributed by atoms with E-state index in [2.05, 4.69) is 0 Å². The molecule has 0 aliphatic carbocycles. The maximum atomic E-state index is 10.5. The molecule has 1 aromatic rings. The summed E-state index contributed by atoms with van der Waals surface area (Å²) in [5.74, 6) is -0.764. The van der Waals surface area contributed by atoms with Gasteiger partial charge < -0.3 is 5.11 Å². The van der Waals surface area contributed by atoms with E-state index in [0.29, 0.717) is 0 Å². The average Bonchev–Trinajstić information content (AvgIpc) is 2.03. The highest BCUT2D eigenvalue weighted by Gasteiger charge is 2.05. The topological polar surface area (TPSA) is 37.3 Å². The smallest absolute Gasteiger partial charge is 0.307 e. The Bertz CT molecular complexity index is 316. The number of hydrogen-bond donors (Lipinski definition) is 1. The Morgan fingerprint density at radius 2 is 2.08 bits per heavy atom. The predicted octanol–water partition coefficient (Wildman–Crippen LogP) is 2.18. The molecule has 0 heterocycles. The molecule has 0 spiro atoms. The number of carbonyl (C=O) groups is 1. The van der Waals surface area contributed by atoms with Crippen molar-refractivity contribution in [2.45, 2.75) is 26.7 Å². The zero-order chi connectivity index (χ0) is 9.84. The summed E-state index contributed by atoms with van der Waals surface area (Å²) >= 11 is 0. The molecular weight excluding hydrogens is 164 g/mol. The van der Waals surface area contributed by atoms with Crippen molar-refractivity contribution in [1.29, 1.82) is 0 Å². The van der Waals surface area contributed by atoms with Gasteiger partial charge in [0.25, 0.3) is 0 Å². The van der Waals surface area contributed by atoms with Gasteiger partial charge in [-0.15, -0.1) is 0 Å². The Morgan fingerprint density at radius 3 is 2.62 bits per heavy atom. The summed E-state index contributed by atoms with van der Waals surface area (Å²) in [5, 5.41) is 8.68. The molecule has 0 atom stereocenters. The van der Waals surface area contributed by atoms with E-state index in [-0.39, 0.29) is 6.42 Å². The first-order valence-electron chi connectivity index (χ1n) is 4.43. The van der Waals surface area contributed by atoms with Gasteiger partial charge in [-0.1, -0.05) is 30.7 Å². The monoisotopic (exact) mass is 178 g/mol. The third kappa shape index (κ3) is 2.58. The number of aryl methyl sites for hydroxylation is 2. The minimum absolute atomic E-state index is 0.130. The van der Waals surface area contributed by atoms with E-state index in [1.807, 2.05) is 32.0 Å². The Kier molecular flexibility index (Phi) is 3.07. The van der Waals surface area contributed by atoms with Crippen molar-refractivity contribution >= 4 is 5.97 Å². The quantitative estimate of drug-likeness (QED) is 0.770. The fraction of sp³-hybridized carbons (Fsp3) is 0.364. The van der Waals surface area contributed by atoms with Crippen LogP contribution < -0.4 is 0 Å². The Balaban J connectivity index is 3.01. The number of rotatable bonds is 3. The third-order valence-corrected chi connectivity index (χ3v) is 2.08. The number of aliphatic carboxylic acids is 1. The molecule has 0 saturated carbocycles. The summed E-state index contributed by atoms with van der Waals surface area (Å²) in [5.41, 5.74) is 3.19. The van der Waals surface area contributed by atoms with E-state index in [9.17, 15) is 4.79 Å². The van der Waals surface area contributed by atoms with E-state index in [0.717, 1.165) is 23.1 Å². The Labute approximate surface area is 78.2 Å². The van der Waals surface area contributed by atoms with Crippen molar-refractivity contribution in [1.82, 2.24) is 0 Å². The van der Waals surface area contributed by atoms with Gasteiger partial charge in [-0.3, -0.25) is 4.79 Å². The van der Waals surface area contributed by atoms with Crippen LogP contribution >= 0.6 is 0 Å². The van der Waals surface area contributed by atoms with Gasteiger partial charge in [-0.2, -0.15) is 0 Å². The van der Waals surface area contributed by atoms with Crippen molar-refractivity contribution in [3.05, 3.63) is 34.9 Å². The standard InChI is InChI=1S/C11H14O2/c1-3-9-5-4-8(2)6-10(9)7-11(12)13/h4-6H,3,7H2,1-2H3,(H,12,13).